The molecule has 1 heterocycles. The molecule has 0 amide bonds. The van der Waals surface area contributed by atoms with Crippen LogP contribution in [0.25, 0.3) is 0 Å². The zero-order valence-electron chi connectivity index (χ0n) is 10.2. The molecule has 9 heteroatoms. The third-order valence-corrected chi connectivity index (χ3v) is 2.27. The number of aromatic nitrogens is 1. The predicted molar refractivity (Wildman–Crippen MR) is 59.0 cm³/mol. The number of pyridine rings is 1. The first-order valence-electron chi connectivity index (χ1n) is 5.51. The minimum atomic E-state index is -5.20. The summed E-state index contributed by atoms with van der Waals surface area (Å²) in [5.74, 6) is -4.64. The largest absolute Gasteiger partial charge is 0.491 e. The summed E-state index contributed by atoms with van der Waals surface area (Å²) in [4.78, 5) is 21.6. The molecule has 0 aliphatic rings. The Hall–Kier alpha value is -2.16. The average Bonchev–Trinajstić information content (AvgIpc) is 2.35. The molecule has 6 nitrogen and oxygen atoms in total. The first-order valence-corrected chi connectivity index (χ1v) is 5.51. The number of nitrogens with zero attached hydrogens (tertiary/aromatic N) is 1. The van der Waals surface area contributed by atoms with Crippen molar-refractivity contribution in [1.29, 1.82) is 0 Å². The molecule has 0 radical (unpaired) electrons. The van der Waals surface area contributed by atoms with E-state index in [1.807, 2.05) is 0 Å². The number of carboxylic acid groups (broad SMARTS) is 1. The van der Waals surface area contributed by atoms with Gasteiger partial charge in [-0.25, -0.2) is 14.2 Å². The van der Waals surface area contributed by atoms with Gasteiger partial charge in [0, 0.05) is 12.5 Å². The van der Waals surface area contributed by atoms with Crippen molar-refractivity contribution in [3.05, 3.63) is 24.0 Å². The summed E-state index contributed by atoms with van der Waals surface area (Å²) in [6, 6.07) is 1.05. The third-order valence-electron chi connectivity index (χ3n) is 2.27. The Kier molecular flexibility index (Phi) is 5.03. The summed E-state index contributed by atoms with van der Waals surface area (Å²) in [5, 5.41) is 8.85. The Morgan fingerprint density at radius 1 is 1.40 bits per heavy atom. The van der Waals surface area contributed by atoms with E-state index in [1.165, 1.54) is 10.8 Å². The second kappa shape index (κ2) is 6.33. The van der Waals surface area contributed by atoms with E-state index in [0.29, 0.717) is 19.5 Å². The van der Waals surface area contributed by atoms with Gasteiger partial charge in [-0.05, 0) is 6.54 Å². The molecule has 1 aromatic rings. The SMILES string of the molecule is NCCC[n+]1ccc(C(=O)O)c(OC(=O)C(F)(F)F)c1. The highest BCUT2D eigenvalue weighted by Crippen LogP contribution is 2.22. The van der Waals surface area contributed by atoms with E-state index in [1.54, 1.807) is 0 Å². The van der Waals surface area contributed by atoms with E-state index < -0.39 is 29.4 Å². The molecular weight excluding hydrogens is 281 g/mol. The molecule has 1 rings (SSSR count). The molecule has 0 saturated carbocycles. The van der Waals surface area contributed by atoms with Crippen molar-refractivity contribution < 1.29 is 37.2 Å². The van der Waals surface area contributed by atoms with E-state index in [0.717, 1.165) is 12.3 Å². The average molecular weight is 293 g/mol. The molecule has 3 N–H and O–H groups in total. The maximum atomic E-state index is 12.1. The van der Waals surface area contributed by atoms with Crippen LogP contribution in [0.2, 0.25) is 0 Å². The monoisotopic (exact) mass is 293 g/mol. The number of aromatic carboxylic acids is 1. The number of aryl methyl sites for hydroxylation is 1. The standard InChI is InChI=1S/C11H11F3N2O4/c12-11(13,14)10(19)20-8-6-16(4-1-3-15)5-2-7(8)9(17)18/h2,5-6H,1,3-4,15H2/p+1. The van der Waals surface area contributed by atoms with Crippen molar-refractivity contribution in [2.24, 2.45) is 5.73 Å². The number of carbonyl (C=O) groups is 2. The molecule has 20 heavy (non-hydrogen) atoms. The van der Waals surface area contributed by atoms with Gasteiger partial charge in [0.05, 0.1) is 0 Å². The van der Waals surface area contributed by atoms with Crippen molar-refractivity contribution >= 4 is 11.9 Å². The summed E-state index contributed by atoms with van der Waals surface area (Å²) < 4.78 is 41.9. The quantitative estimate of drug-likeness (QED) is 0.608. The fourth-order valence-corrected chi connectivity index (χ4v) is 1.34. The van der Waals surface area contributed by atoms with Crippen LogP contribution in [0.1, 0.15) is 16.8 Å². The Morgan fingerprint density at radius 3 is 2.55 bits per heavy atom. The number of carboxylic acids is 1. The Balaban J connectivity index is 3.06. The molecule has 0 unspecified atom stereocenters. The maximum Gasteiger partial charge on any atom is 0.491 e. The number of hydrogen-bond acceptors (Lipinski definition) is 4. The van der Waals surface area contributed by atoms with Gasteiger partial charge >= 0.3 is 18.1 Å². The molecule has 0 aliphatic carbocycles. The fourth-order valence-electron chi connectivity index (χ4n) is 1.34. The van der Waals surface area contributed by atoms with Crippen molar-refractivity contribution in [3.63, 3.8) is 0 Å². The van der Waals surface area contributed by atoms with E-state index in [4.69, 9.17) is 10.8 Å². The van der Waals surface area contributed by atoms with Crippen molar-refractivity contribution in [2.45, 2.75) is 19.1 Å². The lowest BCUT2D eigenvalue weighted by Gasteiger charge is -2.08. The number of esters is 1. The van der Waals surface area contributed by atoms with Gasteiger partial charge < -0.3 is 15.6 Å². The number of halogens is 3. The van der Waals surface area contributed by atoms with Crippen molar-refractivity contribution in [1.82, 2.24) is 0 Å². The fraction of sp³-hybridized carbons (Fsp3) is 0.364. The van der Waals surface area contributed by atoms with Crippen LogP contribution in [0, 0.1) is 0 Å². The van der Waals surface area contributed by atoms with Crippen LogP contribution in [0.4, 0.5) is 13.2 Å². The van der Waals surface area contributed by atoms with Crippen LogP contribution >= 0.6 is 0 Å². The zero-order chi connectivity index (χ0) is 15.3. The Morgan fingerprint density at radius 2 is 2.05 bits per heavy atom. The number of rotatable bonds is 5. The van der Waals surface area contributed by atoms with E-state index in [9.17, 15) is 22.8 Å². The van der Waals surface area contributed by atoms with Crippen LogP contribution in [-0.4, -0.2) is 29.8 Å². The lowest BCUT2D eigenvalue weighted by molar-refractivity contribution is -0.697. The normalized spacial score (nSPS) is 11.2. The van der Waals surface area contributed by atoms with Gasteiger partial charge in [-0.3, -0.25) is 0 Å². The molecular formula is C11H12F3N2O4+. The number of alkyl halides is 3. The molecule has 0 bridgehead atoms. The van der Waals surface area contributed by atoms with Gasteiger partial charge in [-0.15, -0.1) is 0 Å². The molecule has 0 saturated heterocycles. The summed E-state index contributed by atoms with van der Waals surface area (Å²) in [6.45, 7) is 0.707. The first-order chi connectivity index (χ1) is 9.25. The van der Waals surface area contributed by atoms with E-state index >= 15 is 0 Å². The minimum Gasteiger partial charge on any atom is -0.478 e. The maximum absolute atomic E-state index is 12.1. The summed E-state index contributed by atoms with van der Waals surface area (Å²) in [7, 11) is 0. The minimum absolute atomic E-state index is 0.353. The van der Waals surface area contributed by atoms with Crippen LogP contribution in [0.15, 0.2) is 18.5 Å². The predicted octanol–water partition coefficient (Wildman–Crippen LogP) is 0.489. The second-order valence-corrected chi connectivity index (χ2v) is 3.80. The van der Waals surface area contributed by atoms with Gasteiger partial charge in [-0.2, -0.15) is 13.2 Å². The summed E-state index contributed by atoms with van der Waals surface area (Å²) in [6.07, 6.45) is -2.30. The topological polar surface area (TPSA) is 93.5 Å². The number of ether oxygens (including phenoxy) is 1. The molecule has 110 valence electrons. The van der Waals surface area contributed by atoms with Crippen LogP contribution in [0.5, 0.6) is 5.75 Å². The number of hydrogen-bond donors (Lipinski definition) is 2. The second-order valence-electron chi connectivity index (χ2n) is 3.80. The first kappa shape index (κ1) is 15.9. The van der Waals surface area contributed by atoms with Crippen LogP contribution in [-0.2, 0) is 11.3 Å². The van der Waals surface area contributed by atoms with E-state index in [-0.39, 0.29) is 0 Å². The third kappa shape index (κ3) is 4.19. The van der Waals surface area contributed by atoms with Crippen molar-refractivity contribution in [2.75, 3.05) is 6.54 Å². The zero-order valence-corrected chi connectivity index (χ0v) is 10.2. The van der Waals surface area contributed by atoms with Crippen LogP contribution < -0.4 is 15.0 Å². The molecule has 0 fully saturated rings. The molecule has 0 aliphatic heterocycles. The van der Waals surface area contributed by atoms with Gasteiger partial charge in [0.15, 0.2) is 6.20 Å². The highest BCUT2D eigenvalue weighted by molar-refractivity contribution is 5.91. The highest BCUT2D eigenvalue weighted by Gasteiger charge is 2.42. The summed E-state index contributed by atoms with van der Waals surface area (Å²) >= 11 is 0. The van der Waals surface area contributed by atoms with Gasteiger partial charge in [-0.1, -0.05) is 0 Å². The Bertz CT molecular complexity index is 517. The number of nitrogens with two attached hydrogens (primary N) is 1. The van der Waals surface area contributed by atoms with Gasteiger partial charge in [0.1, 0.15) is 12.1 Å². The van der Waals surface area contributed by atoms with Gasteiger partial charge in [0.2, 0.25) is 11.9 Å². The lowest BCUT2D eigenvalue weighted by atomic mass is 10.2. The van der Waals surface area contributed by atoms with E-state index in [2.05, 4.69) is 4.74 Å². The molecule has 0 spiro atoms. The molecule has 0 aromatic carbocycles. The molecule has 0 atom stereocenters. The lowest BCUT2D eigenvalue weighted by Crippen LogP contribution is -2.36. The number of carbonyl (C=O) groups excluding carboxylic acids is 1. The smallest absolute Gasteiger partial charge is 0.478 e. The van der Waals surface area contributed by atoms with Gasteiger partial charge in [0.25, 0.3) is 0 Å². The Labute approximate surface area is 111 Å². The van der Waals surface area contributed by atoms with Crippen molar-refractivity contribution in [3.8, 4) is 5.75 Å². The summed E-state index contributed by atoms with van der Waals surface area (Å²) in [5.41, 5.74) is 4.75. The van der Waals surface area contributed by atoms with Crippen LogP contribution in [0.3, 0.4) is 0 Å². The highest BCUT2D eigenvalue weighted by atomic mass is 19.4. The molecule has 1 aromatic heterocycles.